The van der Waals surface area contributed by atoms with Gasteiger partial charge in [0.1, 0.15) is 0 Å². The molecule has 4 aromatic rings. The molecule has 5 rings (SSSR count). The number of aromatic nitrogens is 1. The van der Waals surface area contributed by atoms with Gasteiger partial charge in [-0.05, 0) is 90.9 Å². The van der Waals surface area contributed by atoms with E-state index in [1.165, 1.54) is 18.4 Å². The maximum Gasteiger partial charge on any atom is 0.335 e. The van der Waals surface area contributed by atoms with E-state index >= 15 is 0 Å². The van der Waals surface area contributed by atoms with Crippen molar-refractivity contribution < 1.29 is 19.4 Å². The van der Waals surface area contributed by atoms with Crippen LogP contribution >= 0.6 is 23.1 Å². The first-order chi connectivity index (χ1) is 17.6. The maximum atomic E-state index is 11.3. The summed E-state index contributed by atoms with van der Waals surface area (Å²) in [4.78, 5) is 18.0. The molecular formula is C29H27NO4S2. The number of hydrogen-bond acceptors (Lipinski definition) is 6. The third-order valence-electron chi connectivity index (χ3n) is 6.26. The molecule has 0 aliphatic heterocycles. The highest BCUT2D eigenvalue weighted by molar-refractivity contribution is 7.98. The molecule has 2 aromatic heterocycles. The van der Waals surface area contributed by atoms with Gasteiger partial charge in [0.2, 0.25) is 0 Å². The molecule has 0 radical (unpaired) electrons. The highest BCUT2D eigenvalue weighted by Gasteiger charge is 2.20. The van der Waals surface area contributed by atoms with Gasteiger partial charge >= 0.3 is 5.97 Å². The van der Waals surface area contributed by atoms with Gasteiger partial charge in [-0.1, -0.05) is 18.2 Å². The summed E-state index contributed by atoms with van der Waals surface area (Å²) in [6.07, 6.45) is 6.62. The Morgan fingerprint density at radius 3 is 2.50 bits per heavy atom. The minimum Gasteiger partial charge on any atom is -0.493 e. The summed E-state index contributed by atoms with van der Waals surface area (Å²) in [7, 11) is 1.67. The van der Waals surface area contributed by atoms with Crippen LogP contribution in [0.1, 0.15) is 41.6 Å². The van der Waals surface area contributed by atoms with Crippen molar-refractivity contribution in [2.45, 2.75) is 42.6 Å². The highest BCUT2D eigenvalue weighted by Crippen LogP contribution is 2.43. The average molecular weight is 518 g/mol. The van der Waals surface area contributed by atoms with Gasteiger partial charge in [0, 0.05) is 21.7 Å². The van der Waals surface area contributed by atoms with Crippen molar-refractivity contribution in [1.82, 2.24) is 4.98 Å². The number of hydrogen-bond donors (Lipinski definition) is 1. The van der Waals surface area contributed by atoms with Crippen molar-refractivity contribution in [3.63, 3.8) is 0 Å². The van der Waals surface area contributed by atoms with Gasteiger partial charge in [0.25, 0.3) is 0 Å². The van der Waals surface area contributed by atoms with Crippen LogP contribution in [-0.4, -0.2) is 29.3 Å². The molecule has 0 saturated heterocycles. The monoisotopic (exact) mass is 517 g/mol. The van der Waals surface area contributed by atoms with E-state index in [0.29, 0.717) is 0 Å². The first-order valence-electron chi connectivity index (χ1n) is 12.0. The summed E-state index contributed by atoms with van der Waals surface area (Å²) in [5.74, 6) is 1.36. The lowest BCUT2D eigenvalue weighted by molar-refractivity contribution is 0.0697. The van der Waals surface area contributed by atoms with Gasteiger partial charge in [-0.25, -0.2) is 9.78 Å². The van der Waals surface area contributed by atoms with Gasteiger partial charge in [0.05, 0.1) is 23.8 Å². The van der Waals surface area contributed by atoms with Crippen LogP contribution in [0.3, 0.4) is 0 Å². The summed E-state index contributed by atoms with van der Waals surface area (Å²) in [6.45, 7) is 0. The number of nitrogens with zero attached hydrogens (tertiary/aromatic N) is 1. The third-order valence-corrected chi connectivity index (χ3v) is 8.53. The molecule has 0 amide bonds. The van der Waals surface area contributed by atoms with Crippen LogP contribution in [0.15, 0.2) is 78.0 Å². The van der Waals surface area contributed by atoms with Crippen molar-refractivity contribution in [2.24, 2.45) is 0 Å². The normalized spacial score (nSPS) is 13.6. The Hall–Kier alpha value is -3.29. The van der Waals surface area contributed by atoms with Gasteiger partial charge in [-0.2, -0.15) is 0 Å². The molecule has 0 spiro atoms. The number of methoxy groups -OCH3 is 1. The fourth-order valence-electron chi connectivity index (χ4n) is 4.38. The van der Waals surface area contributed by atoms with Crippen LogP contribution in [-0.2, 0) is 5.75 Å². The summed E-state index contributed by atoms with van der Waals surface area (Å²) in [5.41, 5.74) is 3.54. The number of benzene rings is 2. The lowest BCUT2D eigenvalue weighted by atomic mass is 10.1. The van der Waals surface area contributed by atoms with E-state index in [9.17, 15) is 9.90 Å². The molecule has 1 N–H and O–H groups in total. The largest absolute Gasteiger partial charge is 0.493 e. The van der Waals surface area contributed by atoms with Crippen molar-refractivity contribution in [3.05, 3.63) is 84.1 Å². The molecule has 1 fully saturated rings. The number of rotatable bonds is 9. The van der Waals surface area contributed by atoms with E-state index < -0.39 is 5.97 Å². The molecule has 2 heterocycles. The van der Waals surface area contributed by atoms with Gasteiger partial charge in [-0.3, -0.25) is 0 Å². The standard InChI is InChI=1S/C29H27NO4S2/c1-33-24-14-13-21(16-25(24)34-23-6-2-3-7-23)26-17-22(18-35-27-8-4-5-15-30-27)28(36-26)19-9-11-20(12-10-19)29(31)32/h4-5,8-17,23H,2-3,6-7,18H2,1H3,(H,31,32). The van der Waals surface area contributed by atoms with Crippen LogP contribution in [0, 0.1) is 0 Å². The Morgan fingerprint density at radius 2 is 1.81 bits per heavy atom. The Morgan fingerprint density at radius 1 is 1.03 bits per heavy atom. The third kappa shape index (κ3) is 5.58. The number of thioether (sulfide) groups is 1. The number of carboxylic acid groups (broad SMARTS) is 1. The predicted molar refractivity (Wildman–Crippen MR) is 145 cm³/mol. The quantitative estimate of drug-likeness (QED) is 0.229. The summed E-state index contributed by atoms with van der Waals surface area (Å²) in [5, 5.41) is 10.3. The van der Waals surface area contributed by atoms with E-state index in [2.05, 4.69) is 23.2 Å². The summed E-state index contributed by atoms with van der Waals surface area (Å²) >= 11 is 3.39. The van der Waals surface area contributed by atoms with Crippen LogP contribution in [0.5, 0.6) is 11.5 Å². The Labute approximate surface area is 219 Å². The smallest absolute Gasteiger partial charge is 0.335 e. The van der Waals surface area contributed by atoms with E-state index in [1.54, 1.807) is 48.5 Å². The molecule has 36 heavy (non-hydrogen) atoms. The van der Waals surface area contributed by atoms with Crippen LogP contribution in [0.25, 0.3) is 20.9 Å². The molecule has 0 unspecified atom stereocenters. The zero-order valence-electron chi connectivity index (χ0n) is 20.0. The van der Waals surface area contributed by atoms with Crippen LogP contribution < -0.4 is 9.47 Å². The van der Waals surface area contributed by atoms with E-state index in [-0.39, 0.29) is 11.7 Å². The number of aromatic carboxylic acids is 1. The second-order valence-corrected chi connectivity index (χ2v) is 10.7. The minimum atomic E-state index is -0.924. The first kappa shape index (κ1) is 24.4. The number of pyridine rings is 1. The molecule has 7 heteroatoms. The Bertz CT molecular complexity index is 1330. The molecule has 1 saturated carbocycles. The average Bonchev–Trinajstić information content (AvgIpc) is 3.58. The zero-order valence-corrected chi connectivity index (χ0v) is 21.6. The molecule has 1 aliphatic carbocycles. The minimum absolute atomic E-state index is 0.242. The molecule has 5 nitrogen and oxygen atoms in total. The molecule has 0 atom stereocenters. The van der Waals surface area contributed by atoms with Crippen LogP contribution in [0.4, 0.5) is 0 Å². The summed E-state index contributed by atoms with van der Waals surface area (Å²) < 4.78 is 11.9. The first-order valence-corrected chi connectivity index (χ1v) is 13.8. The number of thiophene rings is 1. The van der Waals surface area contributed by atoms with Crippen molar-refractivity contribution in [2.75, 3.05) is 7.11 Å². The molecule has 1 aliphatic rings. The summed E-state index contributed by atoms with van der Waals surface area (Å²) in [6, 6.07) is 21.4. The number of carbonyl (C=O) groups is 1. The van der Waals surface area contributed by atoms with Crippen molar-refractivity contribution in [1.29, 1.82) is 0 Å². The second-order valence-electron chi connectivity index (χ2n) is 8.69. The van der Waals surface area contributed by atoms with Gasteiger partial charge in [0.15, 0.2) is 11.5 Å². The Kier molecular flexibility index (Phi) is 7.58. The highest BCUT2D eigenvalue weighted by atomic mass is 32.2. The van der Waals surface area contributed by atoms with E-state index in [1.807, 2.05) is 36.4 Å². The lowest BCUT2D eigenvalue weighted by Crippen LogP contribution is -2.11. The lowest BCUT2D eigenvalue weighted by Gasteiger charge is -2.16. The topological polar surface area (TPSA) is 68.7 Å². The van der Waals surface area contributed by atoms with Crippen molar-refractivity contribution >= 4 is 29.1 Å². The second kappa shape index (κ2) is 11.2. The van der Waals surface area contributed by atoms with Gasteiger partial charge < -0.3 is 14.6 Å². The molecule has 184 valence electrons. The van der Waals surface area contributed by atoms with E-state index in [0.717, 1.165) is 56.0 Å². The fraction of sp³-hybridized carbons (Fsp3) is 0.241. The van der Waals surface area contributed by atoms with Crippen molar-refractivity contribution in [3.8, 4) is 32.4 Å². The Balaban J connectivity index is 1.49. The number of carboxylic acids is 1. The predicted octanol–water partition coefficient (Wildman–Crippen LogP) is 7.80. The molecular weight excluding hydrogens is 490 g/mol. The maximum absolute atomic E-state index is 11.3. The molecule has 2 aromatic carbocycles. The van der Waals surface area contributed by atoms with Gasteiger partial charge in [-0.15, -0.1) is 23.1 Å². The van der Waals surface area contributed by atoms with Crippen LogP contribution in [0.2, 0.25) is 0 Å². The number of ether oxygens (including phenoxy) is 2. The zero-order chi connectivity index (χ0) is 24.9. The SMILES string of the molecule is COc1ccc(-c2cc(CSc3ccccn3)c(-c3ccc(C(=O)O)cc3)s2)cc1OC1CCCC1. The van der Waals surface area contributed by atoms with E-state index in [4.69, 9.17) is 9.47 Å². The fourth-order valence-corrected chi connectivity index (χ4v) is 6.49. The molecule has 0 bridgehead atoms.